The van der Waals surface area contributed by atoms with E-state index >= 15 is 0 Å². The molecule has 3 heterocycles. The van der Waals surface area contributed by atoms with Gasteiger partial charge in [-0.25, -0.2) is 4.79 Å². The zero-order valence-electron chi connectivity index (χ0n) is 22.8. The molecule has 10 heteroatoms. The van der Waals surface area contributed by atoms with Crippen LogP contribution in [0.5, 0.6) is 0 Å². The summed E-state index contributed by atoms with van der Waals surface area (Å²) in [5.74, 6) is 5.92. The topological polar surface area (TPSA) is 102 Å². The van der Waals surface area contributed by atoms with Crippen LogP contribution >= 0.6 is 0 Å². The zero-order chi connectivity index (χ0) is 27.6. The minimum atomic E-state index is -0.522. The van der Waals surface area contributed by atoms with E-state index in [4.69, 9.17) is 4.74 Å². The van der Waals surface area contributed by atoms with Gasteiger partial charge in [0.05, 0.1) is 23.5 Å². The number of carbonyl (C=O) groups excluding carboxylic acids is 4. The summed E-state index contributed by atoms with van der Waals surface area (Å²) in [7, 11) is 3.45. The Morgan fingerprint density at radius 3 is 2.45 bits per heavy atom. The van der Waals surface area contributed by atoms with Gasteiger partial charge >= 0.3 is 6.09 Å². The Balaban J connectivity index is 1.50. The lowest BCUT2D eigenvalue weighted by molar-refractivity contribution is -0.134. The van der Waals surface area contributed by atoms with Crippen molar-refractivity contribution in [3.05, 3.63) is 23.8 Å². The van der Waals surface area contributed by atoms with Gasteiger partial charge in [0, 0.05) is 45.7 Å². The third kappa shape index (κ3) is 5.94. The molecule has 3 aliphatic heterocycles. The predicted octanol–water partition coefficient (Wildman–Crippen LogP) is 1.96. The van der Waals surface area contributed by atoms with Crippen LogP contribution in [0.15, 0.2) is 18.2 Å². The number of ether oxygens (including phenoxy) is 1. The van der Waals surface area contributed by atoms with Gasteiger partial charge in [0.1, 0.15) is 11.6 Å². The van der Waals surface area contributed by atoms with Gasteiger partial charge in [-0.2, -0.15) is 0 Å². The van der Waals surface area contributed by atoms with E-state index in [9.17, 15) is 19.2 Å². The van der Waals surface area contributed by atoms with E-state index in [0.717, 1.165) is 19.3 Å². The van der Waals surface area contributed by atoms with Crippen LogP contribution in [0.25, 0.3) is 0 Å². The van der Waals surface area contributed by atoms with E-state index in [-0.39, 0.29) is 36.4 Å². The maximum Gasteiger partial charge on any atom is 0.410 e. The molecule has 4 amide bonds. The fourth-order valence-corrected chi connectivity index (χ4v) is 5.51. The van der Waals surface area contributed by atoms with Crippen LogP contribution in [-0.2, 0) is 19.1 Å². The average molecular weight is 524 g/mol. The van der Waals surface area contributed by atoms with Crippen molar-refractivity contribution in [2.75, 3.05) is 43.5 Å². The van der Waals surface area contributed by atoms with Crippen LogP contribution in [0.3, 0.4) is 0 Å². The van der Waals surface area contributed by atoms with Gasteiger partial charge in [-0.3, -0.25) is 24.6 Å². The van der Waals surface area contributed by atoms with Crippen molar-refractivity contribution in [2.45, 2.75) is 70.2 Å². The monoisotopic (exact) mass is 523 g/mol. The molecule has 0 radical (unpaired) electrons. The highest BCUT2D eigenvalue weighted by molar-refractivity contribution is 6.02. The highest BCUT2D eigenvalue weighted by Gasteiger charge is 2.42. The average Bonchev–Trinajstić information content (AvgIpc) is 3.08. The highest BCUT2D eigenvalue weighted by Crippen LogP contribution is 2.34. The third-order valence-electron chi connectivity index (χ3n) is 7.35. The Hall–Kier alpha value is -3.58. The van der Waals surface area contributed by atoms with Crippen molar-refractivity contribution >= 4 is 35.7 Å². The number of anilines is 2. The van der Waals surface area contributed by atoms with Gasteiger partial charge in [0.15, 0.2) is 0 Å². The molecule has 0 saturated carbocycles. The summed E-state index contributed by atoms with van der Waals surface area (Å²) < 4.78 is 5.57. The maximum atomic E-state index is 12.6. The number of fused-ring (bicyclic) bond motifs is 2. The second-order valence-corrected chi connectivity index (χ2v) is 11.2. The molecule has 2 bridgehead atoms. The van der Waals surface area contributed by atoms with Crippen LogP contribution in [0, 0.1) is 11.8 Å². The maximum absolute atomic E-state index is 12.6. The number of piperazine rings is 1. The molecule has 10 nitrogen and oxygen atoms in total. The molecule has 3 atom stereocenters. The smallest absolute Gasteiger partial charge is 0.410 e. The molecule has 3 unspecified atom stereocenters. The summed E-state index contributed by atoms with van der Waals surface area (Å²) in [6.45, 7) is 7.42. The lowest BCUT2D eigenvalue weighted by Gasteiger charge is -2.40. The fraction of sp³-hybridized carbons (Fsp3) is 0.571. The standard InChI is InChI=1S/C28H37N5O5/c1-28(2,3)38-27(37)32-16-20-11-12-21(17-32)33(20)15-7-9-19-8-6-10-22(25(19)30(4)18-34)31(5)23-13-14-24(35)29-26(23)36/h6,8,10,18,20-21,23H,11-17H2,1-5H3,(H,29,35,36). The number of para-hydroxylation sites is 1. The second-order valence-electron chi connectivity index (χ2n) is 11.2. The van der Waals surface area contributed by atoms with Gasteiger partial charge in [-0.15, -0.1) is 0 Å². The molecule has 204 valence electrons. The number of benzene rings is 1. The number of likely N-dealkylation sites (tertiary alicyclic amines) is 1. The Bertz CT molecular complexity index is 1150. The summed E-state index contributed by atoms with van der Waals surface area (Å²) >= 11 is 0. The van der Waals surface area contributed by atoms with E-state index in [2.05, 4.69) is 22.1 Å². The minimum absolute atomic E-state index is 0.234. The molecule has 3 aliphatic rings. The van der Waals surface area contributed by atoms with Crippen molar-refractivity contribution in [3.8, 4) is 11.8 Å². The van der Waals surface area contributed by atoms with Gasteiger partial charge in [-0.05, 0) is 52.2 Å². The minimum Gasteiger partial charge on any atom is -0.444 e. The van der Waals surface area contributed by atoms with E-state index in [0.29, 0.717) is 43.0 Å². The van der Waals surface area contributed by atoms with Gasteiger partial charge in [-0.1, -0.05) is 17.9 Å². The Morgan fingerprint density at radius 1 is 1.16 bits per heavy atom. The number of nitrogens with one attached hydrogen (secondary N) is 1. The third-order valence-corrected chi connectivity index (χ3v) is 7.35. The van der Waals surface area contributed by atoms with Crippen molar-refractivity contribution < 1.29 is 23.9 Å². The molecule has 38 heavy (non-hydrogen) atoms. The van der Waals surface area contributed by atoms with Crippen molar-refractivity contribution in [1.29, 1.82) is 0 Å². The summed E-state index contributed by atoms with van der Waals surface area (Å²) in [4.78, 5) is 55.9. The molecule has 0 aromatic heterocycles. The first-order valence-electron chi connectivity index (χ1n) is 13.1. The fourth-order valence-electron chi connectivity index (χ4n) is 5.51. The van der Waals surface area contributed by atoms with Gasteiger partial charge in [0.2, 0.25) is 18.2 Å². The van der Waals surface area contributed by atoms with Crippen LogP contribution in [0.4, 0.5) is 16.2 Å². The normalized spacial score (nSPS) is 23.3. The molecule has 3 fully saturated rings. The van der Waals surface area contributed by atoms with Crippen LogP contribution in [-0.4, -0.2) is 91.6 Å². The van der Waals surface area contributed by atoms with Crippen LogP contribution in [0.1, 0.15) is 52.0 Å². The van der Waals surface area contributed by atoms with Crippen molar-refractivity contribution in [3.63, 3.8) is 0 Å². The number of hydrogen-bond acceptors (Lipinski definition) is 7. The molecule has 0 spiro atoms. The molecular weight excluding hydrogens is 486 g/mol. The number of imide groups is 1. The van der Waals surface area contributed by atoms with Crippen molar-refractivity contribution in [1.82, 2.24) is 15.1 Å². The number of rotatable bonds is 5. The number of amides is 4. The predicted molar refractivity (Wildman–Crippen MR) is 144 cm³/mol. The Labute approximate surface area is 224 Å². The van der Waals surface area contributed by atoms with E-state index in [1.807, 2.05) is 43.9 Å². The molecule has 1 aromatic carbocycles. The number of hydrogen-bond donors (Lipinski definition) is 1. The molecule has 0 aliphatic carbocycles. The number of nitrogens with zero attached hydrogens (tertiary/aromatic N) is 4. The second kappa shape index (κ2) is 11.0. The molecule has 1 N–H and O–H groups in total. The first-order chi connectivity index (χ1) is 18.0. The van der Waals surface area contributed by atoms with Crippen molar-refractivity contribution in [2.24, 2.45) is 0 Å². The molecule has 4 rings (SSSR count). The molecule has 3 saturated heterocycles. The Morgan fingerprint density at radius 2 is 1.84 bits per heavy atom. The lowest BCUT2D eigenvalue weighted by Crippen LogP contribution is -2.56. The highest BCUT2D eigenvalue weighted by atomic mass is 16.6. The van der Waals surface area contributed by atoms with E-state index < -0.39 is 11.6 Å². The number of piperidine rings is 1. The molecular formula is C28H37N5O5. The van der Waals surface area contributed by atoms with E-state index in [1.54, 1.807) is 19.0 Å². The quantitative estimate of drug-likeness (QED) is 0.358. The first-order valence-corrected chi connectivity index (χ1v) is 13.1. The van der Waals surface area contributed by atoms with Crippen LogP contribution < -0.4 is 15.1 Å². The largest absolute Gasteiger partial charge is 0.444 e. The Kier molecular flexibility index (Phi) is 7.97. The molecule has 1 aromatic rings. The lowest BCUT2D eigenvalue weighted by atomic mass is 10.0. The summed E-state index contributed by atoms with van der Waals surface area (Å²) in [6.07, 6.45) is 3.15. The zero-order valence-corrected chi connectivity index (χ0v) is 22.8. The summed E-state index contributed by atoms with van der Waals surface area (Å²) in [6, 6.07) is 5.51. The number of carbonyl (C=O) groups is 4. The summed E-state index contributed by atoms with van der Waals surface area (Å²) in [5.41, 5.74) is 1.45. The van der Waals surface area contributed by atoms with Gasteiger partial charge < -0.3 is 19.4 Å². The van der Waals surface area contributed by atoms with Crippen LogP contribution in [0.2, 0.25) is 0 Å². The SMILES string of the molecule is CN(C=O)c1c(C#CCN2C3CCC2CN(C(=O)OC(C)(C)C)C3)cccc1N(C)C1CCC(=O)NC1=O. The summed E-state index contributed by atoms with van der Waals surface area (Å²) in [5, 5.41) is 2.39. The number of likely N-dealkylation sites (N-methyl/N-ethyl adjacent to an activating group) is 1. The first kappa shape index (κ1) is 27.5. The van der Waals surface area contributed by atoms with Gasteiger partial charge in [0.25, 0.3) is 0 Å². The van der Waals surface area contributed by atoms with E-state index in [1.165, 1.54) is 4.90 Å².